The molecule has 0 bridgehead atoms. The summed E-state index contributed by atoms with van der Waals surface area (Å²) in [5, 5.41) is 11.5. The maximum atomic E-state index is 12.3. The third-order valence-corrected chi connectivity index (χ3v) is 3.19. The molecule has 1 aromatic rings. The highest BCUT2D eigenvalue weighted by molar-refractivity contribution is 5.77. The van der Waals surface area contributed by atoms with Crippen LogP contribution < -0.4 is 10.1 Å². The molecule has 0 spiro atoms. The van der Waals surface area contributed by atoms with Crippen molar-refractivity contribution in [1.82, 2.24) is 5.32 Å². The van der Waals surface area contributed by atoms with Crippen molar-refractivity contribution in [2.45, 2.75) is 45.0 Å². The number of hydrogen-bond acceptors (Lipinski definition) is 3. The molecule has 1 atom stereocenters. The first kappa shape index (κ1) is 17.8. The molecular weight excluding hydrogens is 297 g/mol. The summed E-state index contributed by atoms with van der Waals surface area (Å²) in [6.07, 6.45) is -4.29. The minimum Gasteiger partial charge on any atom is -0.406 e. The molecule has 1 rings (SSSR count). The zero-order valence-electron chi connectivity index (χ0n) is 12.3. The summed E-state index contributed by atoms with van der Waals surface area (Å²) >= 11 is 0. The normalized spacial score (nSPS) is 13.8. The Balaban J connectivity index is 2.69. The Kier molecular flexibility index (Phi) is 5.80. The van der Waals surface area contributed by atoms with E-state index in [2.05, 4.69) is 10.1 Å². The molecule has 7 heteroatoms. The summed E-state index contributed by atoms with van der Waals surface area (Å²) in [6.45, 7) is 3.35. The number of nitrogens with one attached hydrogen (secondary N) is 1. The number of alkyl halides is 3. The highest BCUT2D eigenvalue weighted by Gasteiger charge is 2.32. The van der Waals surface area contributed by atoms with Gasteiger partial charge in [0.05, 0.1) is 6.07 Å². The Bertz CT molecular complexity index is 567. The van der Waals surface area contributed by atoms with Crippen molar-refractivity contribution in [3.05, 3.63) is 29.8 Å². The van der Waals surface area contributed by atoms with Gasteiger partial charge in [-0.2, -0.15) is 5.26 Å². The van der Waals surface area contributed by atoms with Crippen molar-refractivity contribution in [3.8, 4) is 11.8 Å². The predicted octanol–water partition coefficient (Wildman–Crippen LogP) is 3.33. The van der Waals surface area contributed by atoms with Crippen LogP contribution in [-0.2, 0) is 11.2 Å². The fraction of sp³-hybridized carbons (Fsp3) is 0.467. The second-order valence-electron chi connectivity index (χ2n) is 5.00. The van der Waals surface area contributed by atoms with E-state index in [1.807, 2.05) is 6.07 Å². The number of para-hydroxylation sites is 1. The molecule has 0 aromatic heterocycles. The van der Waals surface area contributed by atoms with Crippen molar-refractivity contribution in [2.75, 3.05) is 0 Å². The predicted molar refractivity (Wildman–Crippen MR) is 73.9 cm³/mol. The van der Waals surface area contributed by atoms with Crippen LogP contribution in [0.2, 0.25) is 0 Å². The lowest BCUT2D eigenvalue weighted by Gasteiger charge is -2.21. The summed E-state index contributed by atoms with van der Waals surface area (Å²) < 4.78 is 40.8. The van der Waals surface area contributed by atoms with Crippen LogP contribution in [0.25, 0.3) is 0 Å². The van der Waals surface area contributed by atoms with Crippen LogP contribution in [-0.4, -0.2) is 17.8 Å². The number of amides is 1. The van der Waals surface area contributed by atoms with Crippen LogP contribution in [0.3, 0.4) is 0 Å². The number of halogens is 3. The summed E-state index contributed by atoms with van der Waals surface area (Å²) in [4.78, 5) is 11.8. The lowest BCUT2D eigenvalue weighted by molar-refractivity contribution is -0.274. The van der Waals surface area contributed by atoms with Crippen LogP contribution in [0.15, 0.2) is 24.3 Å². The van der Waals surface area contributed by atoms with Gasteiger partial charge >= 0.3 is 6.36 Å². The Hall–Kier alpha value is -2.23. The molecule has 0 fully saturated rings. The third kappa shape index (κ3) is 5.64. The number of carbonyl (C=O) groups is 1. The van der Waals surface area contributed by atoms with Gasteiger partial charge in [0.25, 0.3) is 0 Å². The van der Waals surface area contributed by atoms with Gasteiger partial charge in [0.2, 0.25) is 5.91 Å². The van der Waals surface area contributed by atoms with Gasteiger partial charge in [-0.3, -0.25) is 4.79 Å². The maximum Gasteiger partial charge on any atom is 0.573 e. The molecule has 0 aliphatic carbocycles. The molecule has 1 aromatic carbocycles. The summed E-state index contributed by atoms with van der Waals surface area (Å²) in [6, 6.07) is 7.66. The second kappa shape index (κ2) is 7.16. The van der Waals surface area contributed by atoms with E-state index in [0.29, 0.717) is 6.42 Å². The van der Waals surface area contributed by atoms with Gasteiger partial charge in [-0.15, -0.1) is 13.2 Å². The highest BCUT2D eigenvalue weighted by Crippen LogP contribution is 2.27. The second-order valence-corrected chi connectivity index (χ2v) is 5.00. The average molecular weight is 314 g/mol. The number of rotatable bonds is 6. The van der Waals surface area contributed by atoms with E-state index < -0.39 is 17.8 Å². The van der Waals surface area contributed by atoms with E-state index in [9.17, 15) is 18.0 Å². The van der Waals surface area contributed by atoms with Crippen molar-refractivity contribution in [1.29, 1.82) is 5.26 Å². The molecule has 0 heterocycles. The lowest BCUT2D eigenvalue weighted by Crippen LogP contribution is -2.44. The average Bonchev–Trinajstić information content (AvgIpc) is 2.44. The first-order valence-electron chi connectivity index (χ1n) is 6.75. The molecule has 0 aliphatic heterocycles. The van der Waals surface area contributed by atoms with Gasteiger partial charge < -0.3 is 10.1 Å². The Morgan fingerprint density at radius 1 is 1.36 bits per heavy atom. The molecule has 1 N–H and O–H groups in total. The molecule has 0 saturated carbocycles. The van der Waals surface area contributed by atoms with Crippen LogP contribution in [0, 0.1) is 11.3 Å². The topological polar surface area (TPSA) is 62.1 Å². The van der Waals surface area contributed by atoms with Gasteiger partial charge in [-0.05, 0) is 31.4 Å². The van der Waals surface area contributed by atoms with Crippen LogP contribution >= 0.6 is 0 Å². The van der Waals surface area contributed by atoms with E-state index in [1.54, 1.807) is 19.9 Å². The monoisotopic (exact) mass is 314 g/mol. The highest BCUT2D eigenvalue weighted by atomic mass is 19.4. The quantitative estimate of drug-likeness (QED) is 0.876. The number of benzene rings is 1. The zero-order valence-corrected chi connectivity index (χ0v) is 12.3. The first-order valence-corrected chi connectivity index (χ1v) is 6.75. The van der Waals surface area contributed by atoms with Gasteiger partial charge in [-0.1, -0.05) is 25.1 Å². The molecule has 0 aliphatic rings. The molecule has 0 saturated heterocycles. The molecular formula is C15H17F3N2O2. The van der Waals surface area contributed by atoms with Crippen LogP contribution in [0.1, 0.15) is 32.3 Å². The molecule has 4 nitrogen and oxygen atoms in total. The number of hydrogen-bond donors (Lipinski definition) is 1. The Morgan fingerprint density at radius 2 is 2.00 bits per heavy atom. The largest absolute Gasteiger partial charge is 0.573 e. The Morgan fingerprint density at radius 3 is 2.55 bits per heavy atom. The SMILES string of the molecule is CCC(C)(C#N)NC(=O)CCc1ccccc1OC(F)(F)F. The van der Waals surface area contributed by atoms with Gasteiger partial charge in [0.1, 0.15) is 11.3 Å². The minimum atomic E-state index is -4.78. The van der Waals surface area contributed by atoms with E-state index in [-0.39, 0.29) is 24.2 Å². The van der Waals surface area contributed by atoms with Gasteiger partial charge in [0, 0.05) is 6.42 Å². The zero-order chi connectivity index (χ0) is 16.8. The summed E-state index contributed by atoms with van der Waals surface area (Å²) in [5.74, 6) is -0.714. The van der Waals surface area contributed by atoms with Gasteiger partial charge in [-0.25, -0.2) is 0 Å². The maximum absolute atomic E-state index is 12.3. The fourth-order valence-electron chi connectivity index (χ4n) is 1.75. The van der Waals surface area contributed by atoms with E-state index in [0.717, 1.165) is 0 Å². The van der Waals surface area contributed by atoms with Crippen LogP contribution in [0.4, 0.5) is 13.2 Å². The van der Waals surface area contributed by atoms with Crippen molar-refractivity contribution >= 4 is 5.91 Å². The number of nitrogens with zero attached hydrogens (tertiary/aromatic N) is 1. The van der Waals surface area contributed by atoms with Crippen molar-refractivity contribution < 1.29 is 22.7 Å². The first-order chi connectivity index (χ1) is 10.2. The molecule has 1 amide bonds. The third-order valence-electron chi connectivity index (χ3n) is 3.19. The fourth-order valence-corrected chi connectivity index (χ4v) is 1.75. The number of ether oxygens (including phenoxy) is 1. The van der Waals surface area contributed by atoms with E-state index in [1.165, 1.54) is 18.2 Å². The smallest absolute Gasteiger partial charge is 0.406 e. The summed E-state index contributed by atoms with van der Waals surface area (Å²) in [5.41, 5.74) is -0.691. The van der Waals surface area contributed by atoms with Crippen molar-refractivity contribution in [3.63, 3.8) is 0 Å². The number of aryl methyl sites for hydroxylation is 1. The standard InChI is InChI=1S/C15H17F3N2O2/c1-3-14(2,10-19)20-13(21)9-8-11-6-4-5-7-12(11)22-15(16,17)18/h4-7H,3,8-9H2,1-2H3,(H,20,21). The van der Waals surface area contributed by atoms with E-state index in [4.69, 9.17) is 5.26 Å². The molecule has 22 heavy (non-hydrogen) atoms. The van der Waals surface area contributed by atoms with Crippen LogP contribution in [0.5, 0.6) is 5.75 Å². The Labute approximate surface area is 126 Å². The number of carbonyl (C=O) groups excluding carboxylic acids is 1. The summed E-state index contributed by atoms with van der Waals surface area (Å²) in [7, 11) is 0. The van der Waals surface area contributed by atoms with Crippen molar-refractivity contribution in [2.24, 2.45) is 0 Å². The minimum absolute atomic E-state index is 0.0322. The number of nitriles is 1. The molecule has 1 unspecified atom stereocenters. The van der Waals surface area contributed by atoms with Gasteiger partial charge in [0.15, 0.2) is 0 Å². The molecule has 120 valence electrons. The van der Waals surface area contributed by atoms with E-state index >= 15 is 0 Å². The lowest BCUT2D eigenvalue weighted by atomic mass is 10.0. The molecule has 0 radical (unpaired) electrons.